The molecular formula is C12H18N2OS. The van der Waals surface area contributed by atoms with Crippen molar-refractivity contribution in [3.05, 3.63) is 40.8 Å². The summed E-state index contributed by atoms with van der Waals surface area (Å²) in [5.74, 6) is 0. The second-order valence-corrected chi connectivity index (χ2v) is 6.02. The normalized spacial score (nSPS) is 11.8. The van der Waals surface area contributed by atoms with Gasteiger partial charge in [0.25, 0.3) is 0 Å². The van der Waals surface area contributed by atoms with Gasteiger partial charge in [-0.05, 0) is 26.5 Å². The smallest absolute Gasteiger partial charge is 0.0482 e. The molecule has 0 aromatic heterocycles. The Hall–Kier alpha value is -0.870. The van der Waals surface area contributed by atoms with Gasteiger partial charge >= 0.3 is 0 Å². The van der Waals surface area contributed by atoms with E-state index in [1.165, 1.54) is 5.56 Å². The van der Waals surface area contributed by atoms with Crippen molar-refractivity contribution >= 4 is 11.9 Å². The van der Waals surface area contributed by atoms with Gasteiger partial charge in [0.2, 0.25) is 0 Å². The second kappa shape index (κ2) is 6.01. The Balaban J connectivity index is 2.47. The van der Waals surface area contributed by atoms with E-state index in [1.54, 1.807) is 0 Å². The molecule has 0 N–H and O–H groups in total. The van der Waals surface area contributed by atoms with E-state index in [0.29, 0.717) is 0 Å². The van der Waals surface area contributed by atoms with Crippen molar-refractivity contribution in [3.8, 4) is 0 Å². The molecule has 0 unspecified atom stereocenters. The number of nitroso groups, excluding NO2 is 1. The monoisotopic (exact) mass is 238 g/mol. The van der Waals surface area contributed by atoms with Crippen molar-refractivity contribution in [2.24, 2.45) is 4.58 Å². The van der Waals surface area contributed by atoms with E-state index in [9.17, 15) is 4.91 Å². The molecule has 0 radical (unpaired) electrons. The molecule has 3 nitrogen and oxygen atoms in total. The van der Waals surface area contributed by atoms with E-state index in [-0.39, 0.29) is 4.75 Å². The van der Waals surface area contributed by atoms with E-state index in [2.05, 4.69) is 28.7 Å². The zero-order valence-corrected chi connectivity index (χ0v) is 10.8. The largest absolute Gasteiger partial charge is 0.301 e. The molecule has 0 aliphatic heterocycles. The molecule has 0 aliphatic rings. The van der Waals surface area contributed by atoms with Crippen LogP contribution in [0.5, 0.6) is 0 Å². The minimum atomic E-state index is -0.134. The summed E-state index contributed by atoms with van der Waals surface area (Å²) < 4.78 is 2.77. The van der Waals surface area contributed by atoms with Gasteiger partial charge in [-0.25, -0.2) is 0 Å². The van der Waals surface area contributed by atoms with Crippen LogP contribution in [0.3, 0.4) is 0 Å². The van der Waals surface area contributed by atoms with Crippen LogP contribution >= 0.6 is 11.9 Å². The van der Waals surface area contributed by atoms with Crippen molar-refractivity contribution in [1.82, 2.24) is 4.90 Å². The molecule has 88 valence electrons. The highest BCUT2D eigenvalue weighted by atomic mass is 32.2. The highest BCUT2D eigenvalue weighted by molar-refractivity contribution is 7.99. The molecule has 0 saturated heterocycles. The molecular weight excluding hydrogens is 220 g/mol. The number of rotatable bonds is 6. The second-order valence-electron chi connectivity index (χ2n) is 4.58. The van der Waals surface area contributed by atoms with Crippen molar-refractivity contribution in [2.75, 3.05) is 13.6 Å². The summed E-state index contributed by atoms with van der Waals surface area (Å²) in [4.78, 5) is 12.5. The topological polar surface area (TPSA) is 32.7 Å². The highest BCUT2D eigenvalue weighted by Gasteiger charge is 2.21. The summed E-state index contributed by atoms with van der Waals surface area (Å²) >= 11 is 1.10. The van der Waals surface area contributed by atoms with Crippen LogP contribution in [0.15, 0.2) is 34.9 Å². The first-order chi connectivity index (χ1) is 7.53. The van der Waals surface area contributed by atoms with Crippen LogP contribution in [0, 0.1) is 4.91 Å². The van der Waals surface area contributed by atoms with E-state index in [1.807, 2.05) is 32.0 Å². The van der Waals surface area contributed by atoms with Gasteiger partial charge in [0.1, 0.15) is 0 Å². The highest BCUT2D eigenvalue weighted by Crippen LogP contribution is 2.26. The van der Waals surface area contributed by atoms with Crippen LogP contribution in [0.1, 0.15) is 19.4 Å². The summed E-state index contributed by atoms with van der Waals surface area (Å²) in [5.41, 5.74) is 1.28. The lowest BCUT2D eigenvalue weighted by Gasteiger charge is -2.26. The predicted molar refractivity (Wildman–Crippen MR) is 70.2 cm³/mol. The molecule has 0 aliphatic carbocycles. The first-order valence-corrected chi connectivity index (χ1v) is 6.04. The molecule has 0 heterocycles. The lowest BCUT2D eigenvalue weighted by Crippen LogP contribution is -2.33. The summed E-state index contributed by atoms with van der Waals surface area (Å²) in [6.07, 6.45) is 0. The Bertz CT molecular complexity index is 327. The van der Waals surface area contributed by atoms with E-state index >= 15 is 0 Å². The van der Waals surface area contributed by atoms with Gasteiger partial charge < -0.3 is 4.90 Å². The fraction of sp³-hybridized carbons (Fsp3) is 0.500. The van der Waals surface area contributed by atoms with Crippen LogP contribution in [0.25, 0.3) is 0 Å². The maximum Gasteiger partial charge on any atom is 0.0482 e. The Labute approximate surface area is 101 Å². The van der Waals surface area contributed by atoms with Crippen LogP contribution in [-0.2, 0) is 6.54 Å². The maximum absolute atomic E-state index is 10.3. The molecule has 0 atom stereocenters. The lowest BCUT2D eigenvalue weighted by atomic mass is 10.1. The standard InChI is InChI=1S/C12H18N2OS/c1-12(2,16-13-15)10-14(3)9-11-7-5-4-6-8-11/h4-8H,9-10H2,1-3H3. The molecule has 0 spiro atoms. The van der Waals surface area contributed by atoms with Crippen molar-refractivity contribution in [3.63, 3.8) is 0 Å². The van der Waals surface area contributed by atoms with Gasteiger partial charge in [-0.3, -0.25) is 0 Å². The van der Waals surface area contributed by atoms with E-state index < -0.39 is 0 Å². The van der Waals surface area contributed by atoms with Crippen LogP contribution in [0.4, 0.5) is 0 Å². The zero-order chi connectivity index (χ0) is 12.0. The number of nitrogens with zero attached hydrogens (tertiary/aromatic N) is 2. The number of hydrogen-bond acceptors (Lipinski definition) is 4. The Morgan fingerprint density at radius 3 is 2.50 bits per heavy atom. The van der Waals surface area contributed by atoms with E-state index in [4.69, 9.17) is 0 Å². The summed E-state index contributed by atoms with van der Waals surface area (Å²) in [6.45, 7) is 5.78. The molecule has 4 heteroatoms. The summed E-state index contributed by atoms with van der Waals surface area (Å²) in [7, 11) is 2.06. The molecule has 0 saturated carbocycles. The van der Waals surface area contributed by atoms with Crippen molar-refractivity contribution < 1.29 is 0 Å². The third-order valence-corrected chi connectivity index (χ3v) is 2.93. The molecule has 0 fully saturated rings. The van der Waals surface area contributed by atoms with Crippen molar-refractivity contribution in [1.29, 1.82) is 0 Å². The average molecular weight is 238 g/mol. The van der Waals surface area contributed by atoms with Gasteiger partial charge in [-0.15, -0.1) is 4.91 Å². The number of hydrogen-bond donors (Lipinski definition) is 0. The molecule has 16 heavy (non-hydrogen) atoms. The van der Waals surface area contributed by atoms with Gasteiger partial charge in [0, 0.05) is 34.4 Å². The SMILES string of the molecule is CN(Cc1ccccc1)CC(C)(C)SN=O. The first kappa shape index (κ1) is 13.2. The first-order valence-electron chi connectivity index (χ1n) is 5.27. The van der Waals surface area contributed by atoms with E-state index in [0.717, 1.165) is 25.0 Å². The Morgan fingerprint density at radius 2 is 1.94 bits per heavy atom. The maximum atomic E-state index is 10.3. The quantitative estimate of drug-likeness (QED) is 0.563. The van der Waals surface area contributed by atoms with Crippen LogP contribution in [0.2, 0.25) is 0 Å². The molecule has 1 rings (SSSR count). The van der Waals surface area contributed by atoms with Gasteiger partial charge in [-0.1, -0.05) is 30.3 Å². The number of benzene rings is 1. The summed E-state index contributed by atoms with van der Waals surface area (Å²) in [5, 5.41) is 0. The third-order valence-electron chi connectivity index (χ3n) is 2.23. The minimum absolute atomic E-state index is 0.134. The van der Waals surface area contributed by atoms with Crippen LogP contribution < -0.4 is 0 Å². The van der Waals surface area contributed by atoms with Crippen LogP contribution in [-0.4, -0.2) is 23.2 Å². The zero-order valence-electron chi connectivity index (χ0n) is 10.0. The predicted octanol–water partition coefficient (Wildman–Crippen LogP) is 3.31. The molecule has 0 bridgehead atoms. The fourth-order valence-electron chi connectivity index (χ4n) is 1.73. The van der Waals surface area contributed by atoms with Gasteiger partial charge in [0.15, 0.2) is 0 Å². The minimum Gasteiger partial charge on any atom is -0.301 e. The van der Waals surface area contributed by atoms with Gasteiger partial charge in [-0.2, -0.15) is 0 Å². The third kappa shape index (κ3) is 4.77. The molecule has 0 amide bonds. The Morgan fingerprint density at radius 1 is 1.31 bits per heavy atom. The molecule has 1 aromatic rings. The summed E-state index contributed by atoms with van der Waals surface area (Å²) in [6, 6.07) is 10.3. The fourth-order valence-corrected chi connectivity index (χ4v) is 2.21. The van der Waals surface area contributed by atoms with Crippen molar-refractivity contribution in [2.45, 2.75) is 25.1 Å². The lowest BCUT2D eigenvalue weighted by molar-refractivity contribution is 0.303. The molecule has 1 aromatic carbocycles. The Kier molecular flexibility index (Phi) is 4.96. The van der Waals surface area contributed by atoms with Gasteiger partial charge in [0.05, 0.1) is 0 Å². The average Bonchev–Trinajstić information content (AvgIpc) is 2.17.